The van der Waals surface area contributed by atoms with Gasteiger partial charge in [0.1, 0.15) is 19.3 Å². The molecule has 0 heterocycles. The van der Waals surface area contributed by atoms with Crippen molar-refractivity contribution in [2.75, 3.05) is 39.6 Å². The molecule has 0 rings (SSSR count). The van der Waals surface area contributed by atoms with Crippen LogP contribution < -0.4 is 0 Å². The molecule has 0 aliphatic heterocycles. The predicted molar refractivity (Wildman–Crippen MR) is 405 cm³/mol. The van der Waals surface area contributed by atoms with Crippen molar-refractivity contribution in [2.24, 2.45) is 5.92 Å². The van der Waals surface area contributed by atoms with Crippen molar-refractivity contribution in [3.63, 3.8) is 0 Å². The normalized spacial score (nSPS) is 13.9. The van der Waals surface area contributed by atoms with E-state index in [1.807, 2.05) is 0 Å². The van der Waals surface area contributed by atoms with Crippen molar-refractivity contribution in [1.82, 2.24) is 0 Å². The predicted octanol–water partition coefficient (Wildman–Crippen LogP) is 24.0. The molecule has 0 aromatic carbocycles. The third kappa shape index (κ3) is 74.1. The number of ether oxygens (including phenoxy) is 4. The summed E-state index contributed by atoms with van der Waals surface area (Å²) < 4.78 is 68.7. The summed E-state index contributed by atoms with van der Waals surface area (Å²) in [5, 5.41) is 10.6. The van der Waals surface area contributed by atoms with E-state index in [1.165, 1.54) is 250 Å². The average Bonchev–Trinajstić information content (AvgIpc) is 1.46. The Morgan fingerprint density at radius 3 is 0.687 bits per heavy atom. The van der Waals surface area contributed by atoms with Crippen LogP contribution in [0.4, 0.5) is 0 Å². The van der Waals surface area contributed by atoms with Gasteiger partial charge in [0.2, 0.25) is 0 Å². The lowest BCUT2D eigenvalue weighted by Crippen LogP contribution is -2.30. The molecule has 588 valence electrons. The summed E-state index contributed by atoms with van der Waals surface area (Å²) in [6.07, 6.45) is 63.6. The summed E-state index contributed by atoms with van der Waals surface area (Å²) in [5.41, 5.74) is 0. The Balaban J connectivity index is 5.26. The van der Waals surface area contributed by atoms with Crippen LogP contribution in [-0.4, -0.2) is 96.7 Å². The summed E-state index contributed by atoms with van der Waals surface area (Å²) >= 11 is 0. The molecule has 0 spiro atoms. The van der Waals surface area contributed by atoms with E-state index in [2.05, 4.69) is 34.6 Å². The molecule has 19 heteroatoms. The Morgan fingerprint density at radius 1 is 0.273 bits per heavy atom. The molecule has 0 aliphatic rings. The monoisotopic (exact) mass is 1450 g/mol. The highest BCUT2D eigenvalue weighted by atomic mass is 31.2. The fourth-order valence-corrected chi connectivity index (χ4v) is 14.0. The zero-order valence-electron chi connectivity index (χ0n) is 64.6. The number of hydrogen-bond acceptors (Lipinski definition) is 15. The van der Waals surface area contributed by atoms with Gasteiger partial charge < -0.3 is 33.8 Å². The highest BCUT2D eigenvalue weighted by molar-refractivity contribution is 7.47. The lowest BCUT2D eigenvalue weighted by molar-refractivity contribution is -0.161. The van der Waals surface area contributed by atoms with Crippen molar-refractivity contribution >= 4 is 39.5 Å². The molecule has 0 aromatic rings. The van der Waals surface area contributed by atoms with Crippen LogP contribution in [-0.2, 0) is 65.4 Å². The second kappa shape index (κ2) is 73.0. The molecule has 0 bridgehead atoms. The van der Waals surface area contributed by atoms with Crippen molar-refractivity contribution in [1.29, 1.82) is 0 Å². The van der Waals surface area contributed by atoms with E-state index in [1.54, 1.807) is 0 Å². The maximum atomic E-state index is 13.1. The maximum Gasteiger partial charge on any atom is 0.472 e. The molecule has 2 unspecified atom stereocenters. The summed E-state index contributed by atoms with van der Waals surface area (Å²) in [6.45, 7) is 7.35. The molecule has 0 aromatic heterocycles. The largest absolute Gasteiger partial charge is 0.472 e. The van der Waals surface area contributed by atoms with Crippen LogP contribution in [0.2, 0.25) is 0 Å². The minimum atomic E-state index is -4.96. The molecule has 17 nitrogen and oxygen atoms in total. The van der Waals surface area contributed by atoms with E-state index in [9.17, 15) is 43.2 Å². The molecule has 3 N–H and O–H groups in total. The first kappa shape index (κ1) is 97.1. The van der Waals surface area contributed by atoms with Gasteiger partial charge in [0.25, 0.3) is 0 Å². The Kier molecular flexibility index (Phi) is 71.6. The van der Waals surface area contributed by atoms with Crippen LogP contribution in [0, 0.1) is 5.92 Å². The molecule has 99 heavy (non-hydrogen) atoms. The van der Waals surface area contributed by atoms with Crippen LogP contribution in [0.1, 0.15) is 426 Å². The quantitative estimate of drug-likeness (QED) is 0.0222. The third-order valence-electron chi connectivity index (χ3n) is 18.8. The van der Waals surface area contributed by atoms with Gasteiger partial charge in [-0.15, -0.1) is 0 Å². The van der Waals surface area contributed by atoms with E-state index < -0.39 is 97.5 Å². The van der Waals surface area contributed by atoms with Crippen molar-refractivity contribution < 1.29 is 80.2 Å². The minimum absolute atomic E-state index is 0.108. The van der Waals surface area contributed by atoms with Gasteiger partial charge in [-0.3, -0.25) is 37.3 Å². The van der Waals surface area contributed by atoms with Gasteiger partial charge in [0, 0.05) is 25.7 Å². The number of carbonyl (C=O) groups excluding carboxylic acids is 4. The van der Waals surface area contributed by atoms with Gasteiger partial charge in [0.05, 0.1) is 26.4 Å². The molecular weight excluding hydrogens is 1290 g/mol. The number of aliphatic hydroxyl groups is 1. The molecule has 0 radical (unpaired) electrons. The van der Waals surface area contributed by atoms with Gasteiger partial charge >= 0.3 is 39.5 Å². The van der Waals surface area contributed by atoms with E-state index in [4.69, 9.17) is 37.0 Å². The fourth-order valence-electron chi connectivity index (χ4n) is 12.4. The Morgan fingerprint density at radius 2 is 0.465 bits per heavy atom. The number of aliphatic hydroxyl groups excluding tert-OH is 1. The van der Waals surface area contributed by atoms with E-state index in [0.29, 0.717) is 25.7 Å². The molecular formula is C80H156O17P2. The van der Waals surface area contributed by atoms with Crippen LogP contribution in [0.3, 0.4) is 0 Å². The van der Waals surface area contributed by atoms with Crippen molar-refractivity contribution in [2.45, 2.75) is 445 Å². The summed E-state index contributed by atoms with van der Waals surface area (Å²) in [5.74, 6) is -1.32. The van der Waals surface area contributed by atoms with Gasteiger partial charge in [-0.05, 0) is 31.6 Å². The van der Waals surface area contributed by atoms with Gasteiger partial charge in [-0.1, -0.05) is 375 Å². The second-order valence-electron chi connectivity index (χ2n) is 29.3. The highest BCUT2D eigenvalue weighted by Crippen LogP contribution is 2.45. The first-order valence-corrected chi connectivity index (χ1v) is 44.6. The average molecular weight is 1450 g/mol. The number of hydrogen-bond donors (Lipinski definition) is 3. The molecule has 5 atom stereocenters. The minimum Gasteiger partial charge on any atom is -0.462 e. The molecule has 0 fully saturated rings. The topological polar surface area (TPSA) is 237 Å². The SMILES string of the molecule is CCCCCCCCCCCCCCCCCCC(=O)OC[C@H](COP(=O)(O)OC[C@@H](O)COP(=O)(O)OC[C@@H](COC(=O)CCCCCCCCCCCCCC)OC(=O)CCCCCCCCCCCCCCCCC)OC(=O)CCCCCCCCCCCCCCCC(C)C. The second-order valence-corrected chi connectivity index (χ2v) is 32.2. The molecule has 0 amide bonds. The summed E-state index contributed by atoms with van der Waals surface area (Å²) in [6, 6.07) is 0. The van der Waals surface area contributed by atoms with Crippen LogP contribution in [0.5, 0.6) is 0 Å². The number of unbranched alkanes of at least 4 members (excludes halogenated alkanes) is 52. The molecule has 0 aliphatic carbocycles. The van der Waals surface area contributed by atoms with E-state index >= 15 is 0 Å². The van der Waals surface area contributed by atoms with E-state index in [-0.39, 0.29) is 25.7 Å². The van der Waals surface area contributed by atoms with Gasteiger partial charge in [-0.25, -0.2) is 9.13 Å². The maximum absolute atomic E-state index is 13.1. The molecule has 0 saturated carbocycles. The first-order chi connectivity index (χ1) is 48.0. The fraction of sp³-hybridized carbons (Fsp3) is 0.950. The van der Waals surface area contributed by atoms with Crippen molar-refractivity contribution in [3.05, 3.63) is 0 Å². The lowest BCUT2D eigenvalue weighted by Gasteiger charge is -2.21. The summed E-state index contributed by atoms with van der Waals surface area (Å²) in [4.78, 5) is 73.0. The summed E-state index contributed by atoms with van der Waals surface area (Å²) in [7, 11) is -9.92. The lowest BCUT2D eigenvalue weighted by atomic mass is 10.0. The Hall–Kier alpha value is -1.94. The van der Waals surface area contributed by atoms with Crippen LogP contribution >= 0.6 is 15.6 Å². The molecule has 0 saturated heterocycles. The number of phosphoric acid groups is 2. The van der Waals surface area contributed by atoms with Gasteiger partial charge in [-0.2, -0.15) is 0 Å². The first-order valence-electron chi connectivity index (χ1n) is 41.6. The van der Waals surface area contributed by atoms with E-state index in [0.717, 1.165) is 95.8 Å². The number of carbonyl (C=O) groups is 4. The third-order valence-corrected chi connectivity index (χ3v) is 20.7. The standard InChI is InChI=1S/C80H156O17P2/c1-6-9-12-15-18-21-24-27-29-31-34-39-44-49-54-59-64-78(83)91-70-76(97-80(85)66-61-56-51-46-41-36-32-33-37-42-47-52-57-62-73(4)5)72-95-99(88,89)93-68-74(81)67-92-98(86,87)94-71-75(69-90-77(82)63-58-53-48-43-38-26-23-20-17-14-11-8-3)96-79(84)65-60-55-50-45-40-35-30-28-25-22-19-16-13-10-7-2/h73-76,81H,6-72H2,1-5H3,(H,86,87)(H,88,89)/t74-,75+,76+/m0/s1. The van der Waals surface area contributed by atoms with Crippen LogP contribution in [0.15, 0.2) is 0 Å². The van der Waals surface area contributed by atoms with Crippen molar-refractivity contribution in [3.8, 4) is 0 Å². The zero-order valence-corrected chi connectivity index (χ0v) is 66.4. The Labute approximate surface area is 607 Å². The van der Waals surface area contributed by atoms with Gasteiger partial charge in [0.15, 0.2) is 12.2 Å². The smallest absolute Gasteiger partial charge is 0.462 e. The number of phosphoric ester groups is 2. The number of rotatable bonds is 80. The number of esters is 4. The highest BCUT2D eigenvalue weighted by Gasteiger charge is 2.30. The van der Waals surface area contributed by atoms with Crippen LogP contribution in [0.25, 0.3) is 0 Å². The Bertz CT molecular complexity index is 1890. The zero-order chi connectivity index (χ0) is 72.7.